The third-order valence-corrected chi connectivity index (χ3v) is 2.24. The molecular formula is C7H10NS. The average molecular weight is 140 g/mol. The van der Waals surface area contributed by atoms with Crippen molar-refractivity contribution in [3.05, 3.63) is 16.1 Å². The summed E-state index contributed by atoms with van der Waals surface area (Å²) in [5.41, 5.74) is 0. The Bertz CT molecular complexity index is 191. The Morgan fingerprint density at radius 1 is 1.56 bits per heavy atom. The molecule has 2 heteroatoms. The van der Waals surface area contributed by atoms with Crippen LogP contribution in [0.4, 0.5) is 0 Å². The van der Waals surface area contributed by atoms with Crippen LogP contribution in [0, 0.1) is 13.1 Å². The van der Waals surface area contributed by atoms with E-state index >= 15 is 0 Å². The number of aryl methyl sites for hydroxylation is 1. The van der Waals surface area contributed by atoms with E-state index in [1.54, 1.807) is 11.3 Å². The third kappa shape index (κ3) is 1.52. The molecule has 0 aliphatic rings. The van der Waals surface area contributed by atoms with Crippen LogP contribution < -0.4 is 0 Å². The molecule has 1 aromatic rings. The zero-order valence-corrected chi connectivity index (χ0v) is 6.75. The molecule has 49 valence electrons. The molecule has 0 spiro atoms. The Kier molecular flexibility index (Phi) is 1.86. The molecule has 1 nitrogen and oxygen atoms in total. The van der Waals surface area contributed by atoms with Gasteiger partial charge in [0.1, 0.15) is 6.20 Å². The van der Waals surface area contributed by atoms with Gasteiger partial charge in [-0.05, 0) is 6.92 Å². The number of aromatic nitrogens is 1. The van der Waals surface area contributed by atoms with Gasteiger partial charge in [0.15, 0.2) is 0 Å². The molecule has 1 rings (SSSR count). The SMILES string of the molecule is Cc1[c]nc(C(C)C)s1. The van der Waals surface area contributed by atoms with E-state index < -0.39 is 0 Å². The molecule has 0 bridgehead atoms. The molecule has 9 heavy (non-hydrogen) atoms. The summed E-state index contributed by atoms with van der Waals surface area (Å²) in [6.07, 6.45) is 2.92. The Balaban J connectivity index is 2.85. The largest absolute Gasteiger partial charge is 0.239 e. The molecule has 0 fully saturated rings. The van der Waals surface area contributed by atoms with Gasteiger partial charge in [0.2, 0.25) is 0 Å². The predicted octanol–water partition coefficient (Wildman–Crippen LogP) is 2.38. The molecule has 1 aromatic heterocycles. The lowest BCUT2D eigenvalue weighted by molar-refractivity contribution is 0.851. The van der Waals surface area contributed by atoms with E-state index in [-0.39, 0.29) is 0 Å². The van der Waals surface area contributed by atoms with Crippen molar-refractivity contribution in [1.29, 1.82) is 0 Å². The molecule has 0 amide bonds. The highest BCUT2D eigenvalue weighted by atomic mass is 32.1. The van der Waals surface area contributed by atoms with Gasteiger partial charge in [0, 0.05) is 10.8 Å². The van der Waals surface area contributed by atoms with Crippen molar-refractivity contribution >= 4 is 11.3 Å². The summed E-state index contributed by atoms with van der Waals surface area (Å²) in [4.78, 5) is 5.29. The summed E-state index contributed by atoms with van der Waals surface area (Å²) < 4.78 is 0. The van der Waals surface area contributed by atoms with Crippen LogP contribution in [0.3, 0.4) is 0 Å². The second-order valence-electron chi connectivity index (χ2n) is 2.37. The minimum Gasteiger partial charge on any atom is -0.239 e. The Morgan fingerprint density at radius 3 is 2.44 bits per heavy atom. The number of nitrogens with zero attached hydrogens (tertiary/aromatic N) is 1. The first-order chi connectivity index (χ1) is 4.20. The molecule has 1 heterocycles. The quantitative estimate of drug-likeness (QED) is 0.583. The lowest BCUT2D eigenvalue weighted by Crippen LogP contribution is -1.81. The van der Waals surface area contributed by atoms with Gasteiger partial charge in [-0.2, -0.15) is 0 Å². The highest BCUT2D eigenvalue weighted by molar-refractivity contribution is 7.11. The van der Waals surface area contributed by atoms with E-state index in [9.17, 15) is 0 Å². The van der Waals surface area contributed by atoms with Crippen LogP contribution in [0.25, 0.3) is 0 Å². The van der Waals surface area contributed by atoms with Crippen molar-refractivity contribution in [2.24, 2.45) is 0 Å². The highest BCUT2D eigenvalue weighted by Crippen LogP contribution is 2.19. The van der Waals surface area contributed by atoms with Crippen molar-refractivity contribution in [1.82, 2.24) is 4.98 Å². The fourth-order valence-corrected chi connectivity index (χ4v) is 1.32. The van der Waals surface area contributed by atoms with Crippen molar-refractivity contribution < 1.29 is 0 Å². The second-order valence-corrected chi connectivity index (χ2v) is 3.61. The minimum absolute atomic E-state index is 0.556. The summed E-state index contributed by atoms with van der Waals surface area (Å²) in [5.74, 6) is 0.556. The highest BCUT2D eigenvalue weighted by Gasteiger charge is 2.01. The average Bonchev–Trinajstić information content (AvgIpc) is 2.14. The van der Waals surface area contributed by atoms with Crippen molar-refractivity contribution in [2.45, 2.75) is 26.7 Å². The van der Waals surface area contributed by atoms with Crippen molar-refractivity contribution in [3.8, 4) is 0 Å². The summed E-state index contributed by atoms with van der Waals surface area (Å²) in [6.45, 7) is 6.32. The van der Waals surface area contributed by atoms with Crippen LogP contribution in [0.5, 0.6) is 0 Å². The van der Waals surface area contributed by atoms with Gasteiger partial charge in [0.05, 0.1) is 5.01 Å². The van der Waals surface area contributed by atoms with Crippen LogP contribution in [-0.2, 0) is 0 Å². The number of thiazole rings is 1. The number of hydrogen-bond donors (Lipinski definition) is 0. The lowest BCUT2D eigenvalue weighted by Gasteiger charge is -1.94. The molecule has 0 N–H and O–H groups in total. The molecule has 0 atom stereocenters. The maximum atomic E-state index is 4.11. The fourth-order valence-electron chi connectivity index (χ4n) is 0.583. The number of rotatable bonds is 1. The predicted molar refractivity (Wildman–Crippen MR) is 39.8 cm³/mol. The van der Waals surface area contributed by atoms with E-state index in [0.29, 0.717) is 5.92 Å². The Hall–Kier alpha value is -0.370. The normalized spacial score (nSPS) is 10.7. The van der Waals surface area contributed by atoms with E-state index in [1.807, 2.05) is 6.92 Å². The standard InChI is InChI=1S/C7H10NS/c1-5(2)7-8-4-6(3)9-7/h5H,1-3H3. The smallest absolute Gasteiger partial charge is 0.104 e. The van der Waals surface area contributed by atoms with E-state index in [0.717, 1.165) is 0 Å². The van der Waals surface area contributed by atoms with E-state index in [1.165, 1.54) is 9.88 Å². The van der Waals surface area contributed by atoms with E-state index in [2.05, 4.69) is 25.0 Å². The van der Waals surface area contributed by atoms with Gasteiger partial charge in [-0.3, -0.25) is 0 Å². The molecule has 0 aliphatic carbocycles. The minimum atomic E-state index is 0.556. The Morgan fingerprint density at radius 2 is 2.22 bits per heavy atom. The summed E-state index contributed by atoms with van der Waals surface area (Å²) >= 11 is 1.73. The molecule has 0 saturated carbocycles. The van der Waals surface area contributed by atoms with Crippen LogP contribution in [-0.4, -0.2) is 4.98 Å². The lowest BCUT2D eigenvalue weighted by atomic mass is 10.2. The van der Waals surface area contributed by atoms with Crippen LogP contribution in [0.15, 0.2) is 0 Å². The molecule has 0 saturated heterocycles. The Labute approximate surface area is 59.8 Å². The van der Waals surface area contributed by atoms with Gasteiger partial charge in [-0.1, -0.05) is 13.8 Å². The van der Waals surface area contributed by atoms with Crippen LogP contribution >= 0.6 is 11.3 Å². The molecule has 0 unspecified atom stereocenters. The monoisotopic (exact) mass is 140 g/mol. The maximum Gasteiger partial charge on any atom is 0.104 e. The second kappa shape index (κ2) is 2.48. The first-order valence-corrected chi connectivity index (χ1v) is 3.87. The van der Waals surface area contributed by atoms with Crippen molar-refractivity contribution in [3.63, 3.8) is 0 Å². The van der Waals surface area contributed by atoms with Gasteiger partial charge in [-0.15, -0.1) is 11.3 Å². The summed E-state index contributed by atoms with van der Waals surface area (Å²) in [5, 5.41) is 1.19. The van der Waals surface area contributed by atoms with Gasteiger partial charge >= 0.3 is 0 Å². The first-order valence-electron chi connectivity index (χ1n) is 3.05. The third-order valence-electron chi connectivity index (χ3n) is 1.08. The van der Waals surface area contributed by atoms with Gasteiger partial charge in [-0.25, -0.2) is 4.98 Å². The summed E-state index contributed by atoms with van der Waals surface area (Å²) in [6, 6.07) is 0. The van der Waals surface area contributed by atoms with Gasteiger partial charge < -0.3 is 0 Å². The summed E-state index contributed by atoms with van der Waals surface area (Å²) in [7, 11) is 0. The van der Waals surface area contributed by atoms with E-state index in [4.69, 9.17) is 0 Å². The first kappa shape index (κ1) is 6.75. The van der Waals surface area contributed by atoms with Crippen LogP contribution in [0.2, 0.25) is 0 Å². The van der Waals surface area contributed by atoms with Crippen molar-refractivity contribution in [2.75, 3.05) is 0 Å². The van der Waals surface area contributed by atoms with Gasteiger partial charge in [0.25, 0.3) is 0 Å². The number of hydrogen-bond acceptors (Lipinski definition) is 2. The zero-order chi connectivity index (χ0) is 6.85. The van der Waals surface area contributed by atoms with Crippen LogP contribution in [0.1, 0.15) is 29.7 Å². The molecule has 0 aromatic carbocycles. The topological polar surface area (TPSA) is 12.9 Å². The maximum absolute atomic E-state index is 4.11. The molecule has 0 aliphatic heterocycles. The zero-order valence-electron chi connectivity index (χ0n) is 5.93. The fraction of sp³-hybridized carbons (Fsp3) is 0.571. The molecule has 1 radical (unpaired) electrons. The molecular weight excluding hydrogens is 130 g/mol.